The van der Waals surface area contributed by atoms with Crippen LogP contribution < -0.4 is 4.74 Å². The Labute approximate surface area is 102 Å². The van der Waals surface area contributed by atoms with Crippen LogP contribution in [0, 0.1) is 13.8 Å². The molecule has 1 aromatic carbocycles. The van der Waals surface area contributed by atoms with Crippen molar-refractivity contribution in [2.24, 2.45) is 0 Å². The predicted molar refractivity (Wildman–Crippen MR) is 67.2 cm³/mol. The van der Waals surface area contributed by atoms with Crippen molar-refractivity contribution in [2.75, 3.05) is 13.7 Å². The fourth-order valence-corrected chi connectivity index (χ4v) is 1.38. The van der Waals surface area contributed by atoms with E-state index in [9.17, 15) is 4.79 Å². The van der Waals surface area contributed by atoms with Crippen LogP contribution in [0.15, 0.2) is 29.8 Å². The second kappa shape index (κ2) is 6.09. The van der Waals surface area contributed by atoms with Crippen molar-refractivity contribution in [2.45, 2.75) is 20.8 Å². The van der Waals surface area contributed by atoms with Gasteiger partial charge in [0.2, 0.25) is 0 Å². The molecule has 1 rings (SSSR count). The van der Waals surface area contributed by atoms with Gasteiger partial charge in [0.25, 0.3) is 0 Å². The van der Waals surface area contributed by atoms with E-state index in [0.717, 1.165) is 11.3 Å². The molecular weight excluding hydrogens is 216 g/mol. The summed E-state index contributed by atoms with van der Waals surface area (Å²) in [6.07, 6.45) is 1.72. The molecule has 1 aromatic rings. The fraction of sp³-hybridized carbons (Fsp3) is 0.357. The van der Waals surface area contributed by atoms with Crippen molar-refractivity contribution >= 4 is 5.97 Å². The van der Waals surface area contributed by atoms with Gasteiger partial charge < -0.3 is 9.47 Å². The molecule has 0 spiro atoms. The van der Waals surface area contributed by atoms with Gasteiger partial charge >= 0.3 is 5.97 Å². The molecule has 17 heavy (non-hydrogen) atoms. The lowest BCUT2D eigenvalue weighted by Gasteiger charge is -2.09. The van der Waals surface area contributed by atoms with E-state index in [0.29, 0.717) is 12.2 Å². The third-order valence-corrected chi connectivity index (χ3v) is 2.69. The zero-order chi connectivity index (χ0) is 12.8. The van der Waals surface area contributed by atoms with Crippen LogP contribution in [0.3, 0.4) is 0 Å². The summed E-state index contributed by atoms with van der Waals surface area (Å²) >= 11 is 0. The Hall–Kier alpha value is -1.77. The Balaban J connectivity index is 2.63. The molecule has 92 valence electrons. The lowest BCUT2D eigenvalue weighted by molar-refractivity contribution is -0.136. The van der Waals surface area contributed by atoms with Crippen LogP contribution in [-0.2, 0) is 9.53 Å². The Morgan fingerprint density at radius 3 is 2.71 bits per heavy atom. The lowest BCUT2D eigenvalue weighted by Crippen LogP contribution is -2.04. The van der Waals surface area contributed by atoms with E-state index in [-0.39, 0.29) is 5.97 Å². The molecule has 0 N–H and O–H groups in total. The summed E-state index contributed by atoms with van der Waals surface area (Å²) in [5.41, 5.74) is 2.87. The number of methoxy groups -OCH3 is 1. The van der Waals surface area contributed by atoms with E-state index < -0.39 is 0 Å². The number of carbonyl (C=O) groups is 1. The maximum Gasteiger partial charge on any atom is 0.333 e. The SMILES string of the molecule is COC(=O)C(C)=CCOc1cccc(C)c1C. The number of ether oxygens (including phenoxy) is 2. The van der Waals surface area contributed by atoms with Crippen LogP contribution in [-0.4, -0.2) is 19.7 Å². The van der Waals surface area contributed by atoms with Gasteiger partial charge in [0, 0.05) is 5.57 Å². The summed E-state index contributed by atoms with van der Waals surface area (Å²) in [4.78, 5) is 11.1. The van der Waals surface area contributed by atoms with Gasteiger partial charge in [0.15, 0.2) is 0 Å². The number of benzene rings is 1. The number of hydrogen-bond donors (Lipinski definition) is 0. The highest BCUT2D eigenvalue weighted by atomic mass is 16.5. The van der Waals surface area contributed by atoms with Gasteiger partial charge in [0.05, 0.1) is 7.11 Å². The molecule has 0 aliphatic carbocycles. The van der Waals surface area contributed by atoms with Crippen LogP contribution >= 0.6 is 0 Å². The number of aryl methyl sites for hydroxylation is 1. The largest absolute Gasteiger partial charge is 0.489 e. The van der Waals surface area contributed by atoms with Crippen molar-refractivity contribution in [3.8, 4) is 5.75 Å². The van der Waals surface area contributed by atoms with Gasteiger partial charge in [0.1, 0.15) is 12.4 Å². The van der Waals surface area contributed by atoms with E-state index in [1.807, 2.05) is 32.0 Å². The minimum Gasteiger partial charge on any atom is -0.489 e. The van der Waals surface area contributed by atoms with Gasteiger partial charge in [-0.2, -0.15) is 0 Å². The first-order valence-corrected chi connectivity index (χ1v) is 5.50. The first-order valence-electron chi connectivity index (χ1n) is 5.50. The van der Waals surface area contributed by atoms with E-state index in [1.54, 1.807) is 13.0 Å². The standard InChI is InChI=1S/C14H18O3/c1-10-6-5-7-13(12(10)3)17-9-8-11(2)14(15)16-4/h5-8H,9H2,1-4H3. The molecule has 0 aliphatic rings. The number of rotatable bonds is 4. The molecule has 0 saturated heterocycles. The second-order valence-electron chi connectivity index (χ2n) is 3.89. The van der Waals surface area contributed by atoms with Crippen LogP contribution in [0.1, 0.15) is 18.1 Å². The molecular formula is C14H18O3. The van der Waals surface area contributed by atoms with Crippen molar-refractivity contribution in [3.63, 3.8) is 0 Å². The molecule has 0 bridgehead atoms. The Morgan fingerprint density at radius 2 is 2.06 bits per heavy atom. The smallest absolute Gasteiger partial charge is 0.333 e. The number of carbonyl (C=O) groups excluding carboxylic acids is 1. The van der Waals surface area contributed by atoms with Gasteiger partial charge in [-0.1, -0.05) is 12.1 Å². The Morgan fingerprint density at radius 1 is 1.35 bits per heavy atom. The normalized spacial score (nSPS) is 11.2. The third kappa shape index (κ3) is 3.63. The minimum atomic E-state index is -0.324. The maximum atomic E-state index is 11.1. The van der Waals surface area contributed by atoms with E-state index in [1.165, 1.54) is 12.7 Å². The highest BCUT2D eigenvalue weighted by Crippen LogP contribution is 2.20. The topological polar surface area (TPSA) is 35.5 Å². The van der Waals surface area contributed by atoms with Gasteiger partial charge in [-0.25, -0.2) is 4.79 Å². The summed E-state index contributed by atoms with van der Waals surface area (Å²) in [6, 6.07) is 5.91. The summed E-state index contributed by atoms with van der Waals surface area (Å²) in [5.74, 6) is 0.522. The van der Waals surface area contributed by atoms with Crippen molar-refractivity contribution in [1.29, 1.82) is 0 Å². The predicted octanol–water partition coefficient (Wildman–Crippen LogP) is 2.80. The molecule has 0 saturated carbocycles. The van der Waals surface area contributed by atoms with Crippen LogP contribution in [0.2, 0.25) is 0 Å². The molecule has 0 aliphatic heterocycles. The van der Waals surface area contributed by atoms with Crippen molar-refractivity contribution < 1.29 is 14.3 Å². The Kier molecular flexibility index (Phi) is 4.76. The quantitative estimate of drug-likeness (QED) is 0.593. The average Bonchev–Trinajstić information content (AvgIpc) is 2.33. The summed E-state index contributed by atoms with van der Waals surface area (Å²) < 4.78 is 10.2. The van der Waals surface area contributed by atoms with Crippen molar-refractivity contribution in [1.82, 2.24) is 0 Å². The lowest BCUT2D eigenvalue weighted by atomic mass is 10.1. The van der Waals surface area contributed by atoms with Crippen LogP contribution in [0.4, 0.5) is 0 Å². The van der Waals surface area contributed by atoms with Gasteiger partial charge in [-0.15, -0.1) is 0 Å². The molecule has 0 unspecified atom stereocenters. The number of hydrogen-bond acceptors (Lipinski definition) is 3. The van der Waals surface area contributed by atoms with Gasteiger partial charge in [-0.3, -0.25) is 0 Å². The van der Waals surface area contributed by atoms with E-state index in [4.69, 9.17) is 4.74 Å². The van der Waals surface area contributed by atoms with Crippen LogP contribution in [0.5, 0.6) is 5.75 Å². The molecule has 3 heteroatoms. The first kappa shape index (κ1) is 13.3. The monoisotopic (exact) mass is 234 g/mol. The highest BCUT2D eigenvalue weighted by molar-refractivity contribution is 5.87. The molecule has 0 amide bonds. The molecule has 0 fully saturated rings. The zero-order valence-electron chi connectivity index (χ0n) is 10.7. The first-order chi connectivity index (χ1) is 8.06. The molecule has 0 heterocycles. The molecule has 0 atom stereocenters. The summed E-state index contributed by atoms with van der Waals surface area (Å²) in [6.45, 7) is 6.13. The fourth-order valence-electron chi connectivity index (χ4n) is 1.38. The number of esters is 1. The summed E-state index contributed by atoms with van der Waals surface area (Å²) in [7, 11) is 1.37. The zero-order valence-corrected chi connectivity index (χ0v) is 10.7. The highest BCUT2D eigenvalue weighted by Gasteiger charge is 2.03. The molecule has 0 aromatic heterocycles. The average molecular weight is 234 g/mol. The van der Waals surface area contributed by atoms with Gasteiger partial charge in [-0.05, 0) is 44.0 Å². The van der Waals surface area contributed by atoms with Crippen molar-refractivity contribution in [3.05, 3.63) is 41.0 Å². The van der Waals surface area contributed by atoms with Crippen LogP contribution in [0.25, 0.3) is 0 Å². The molecule has 0 radical (unpaired) electrons. The molecule has 3 nitrogen and oxygen atoms in total. The Bertz CT molecular complexity index is 433. The minimum absolute atomic E-state index is 0.324. The second-order valence-corrected chi connectivity index (χ2v) is 3.89. The summed E-state index contributed by atoms with van der Waals surface area (Å²) in [5, 5.41) is 0. The third-order valence-electron chi connectivity index (χ3n) is 2.69. The van der Waals surface area contributed by atoms with E-state index >= 15 is 0 Å². The maximum absolute atomic E-state index is 11.1. The van der Waals surface area contributed by atoms with E-state index in [2.05, 4.69) is 4.74 Å².